The smallest absolute Gasteiger partial charge is 0.329 e. The Balaban J connectivity index is 2.18. The summed E-state index contributed by atoms with van der Waals surface area (Å²) in [4.78, 5) is 35.8. The van der Waals surface area contributed by atoms with E-state index in [9.17, 15) is 14.4 Å². The van der Waals surface area contributed by atoms with E-state index in [4.69, 9.17) is 14.2 Å². The Morgan fingerprint density at radius 2 is 1.84 bits per heavy atom. The summed E-state index contributed by atoms with van der Waals surface area (Å²) in [7, 11) is 0. The molecule has 0 spiro atoms. The molecule has 0 aromatic heterocycles. The number of cyclic esters (lactones) is 1. The molecule has 0 bridgehead atoms. The van der Waals surface area contributed by atoms with Crippen LogP contribution in [0.4, 0.5) is 0 Å². The van der Waals surface area contributed by atoms with Crippen LogP contribution in [0.15, 0.2) is 36.1 Å². The zero-order chi connectivity index (χ0) is 18.4. The molecule has 1 aromatic rings. The van der Waals surface area contributed by atoms with E-state index < -0.39 is 23.5 Å². The molecule has 1 aliphatic rings. The second-order valence-electron chi connectivity index (χ2n) is 5.32. The molecule has 0 N–H and O–H groups in total. The zero-order valence-electron chi connectivity index (χ0n) is 14.4. The molecule has 0 aliphatic carbocycles. The van der Waals surface area contributed by atoms with E-state index >= 15 is 0 Å². The van der Waals surface area contributed by atoms with Gasteiger partial charge < -0.3 is 14.2 Å². The topological polar surface area (TPSA) is 78.9 Å². The third kappa shape index (κ3) is 4.56. The Bertz CT molecular complexity index is 744. The fraction of sp³-hybridized carbons (Fsp3) is 0.316. The number of rotatable bonds is 7. The third-order valence-electron chi connectivity index (χ3n) is 3.42. The van der Waals surface area contributed by atoms with Crippen molar-refractivity contribution in [1.29, 1.82) is 0 Å². The first-order valence-electron chi connectivity index (χ1n) is 8.01. The van der Waals surface area contributed by atoms with Crippen LogP contribution in [0.1, 0.15) is 26.3 Å². The highest BCUT2D eigenvalue weighted by atomic mass is 16.5. The Kier molecular flexibility index (Phi) is 6.11. The van der Waals surface area contributed by atoms with Crippen LogP contribution < -0.4 is 9.47 Å². The number of ketones is 2. The summed E-state index contributed by atoms with van der Waals surface area (Å²) in [5.41, 5.74) is 0.684. The SMILES string of the molecule is CCOc1ccc(/C=C/C(=O)[C@@H]2C(=O)C=C(C)OC2=O)cc1OCC. The van der Waals surface area contributed by atoms with Crippen molar-refractivity contribution in [2.24, 2.45) is 5.92 Å². The lowest BCUT2D eigenvalue weighted by molar-refractivity contribution is -0.151. The average Bonchev–Trinajstić information content (AvgIpc) is 2.54. The molecule has 1 atom stereocenters. The van der Waals surface area contributed by atoms with Crippen LogP contribution in [-0.2, 0) is 19.1 Å². The standard InChI is InChI=1S/C19H20O6/c1-4-23-16-9-7-13(11-17(16)24-5-2)6-8-14(20)18-15(21)10-12(3)25-19(18)22/h6-11,18H,4-5H2,1-3H3/b8-6+/t18-/m1/s1. The Labute approximate surface area is 146 Å². The van der Waals surface area contributed by atoms with E-state index in [0.717, 1.165) is 6.08 Å². The third-order valence-corrected chi connectivity index (χ3v) is 3.42. The molecular formula is C19H20O6. The fourth-order valence-corrected chi connectivity index (χ4v) is 2.35. The molecule has 2 rings (SSSR count). The lowest BCUT2D eigenvalue weighted by Gasteiger charge is -2.15. The molecule has 1 aromatic carbocycles. The maximum absolute atomic E-state index is 12.2. The van der Waals surface area contributed by atoms with Gasteiger partial charge in [-0.1, -0.05) is 12.1 Å². The van der Waals surface area contributed by atoms with Gasteiger partial charge in [0.05, 0.1) is 13.2 Å². The van der Waals surface area contributed by atoms with E-state index in [1.807, 2.05) is 13.8 Å². The first kappa shape index (κ1) is 18.4. The molecule has 0 fully saturated rings. The fourth-order valence-electron chi connectivity index (χ4n) is 2.35. The summed E-state index contributed by atoms with van der Waals surface area (Å²) < 4.78 is 15.8. The average molecular weight is 344 g/mol. The summed E-state index contributed by atoms with van der Waals surface area (Å²) in [6.45, 7) is 6.20. The summed E-state index contributed by atoms with van der Waals surface area (Å²) in [5, 5.41) is 0. The van der Waals surface area contributed by atoms with Crippen molar-refractivity contribution in [3.63, 3.8) is 0 Å². The van der Waals surface area contributed by atoms with Crippen molar-refractivity contribution in [2.75, 3.05) is 13.2 Å². The van der Waals surface area contributed by atoms with Crippen molar-refractivity contribution in [2.45, 2.75) is 20.8 Å². The molecule has 1 aliphatic heterocycles. The zero-order valence-corrected chi connectivity index (χ0v) is 14.4. The minimum absolute atomic E-state index is 0.191. The van der Waals surface area contributed by atoms with Crippen LogP contribution in [0, 0.1) is 5.92 Å². The highest BCUT2D eigenvalue weighted by Gasteiger charge is 2.36. The van der Waals surface area contributed by atoms with Crippen LogP contribution >= 0.6 is 0 Å². The maximum atomic E-state index is 12.2. The molecule has 6 heteroatoms. The number of carbonyl (C=O) groups is 3. The number of hydrogen-bond donors (Lipinski definition) is 0. The minimum atomic E-state index is -1.44. The molecule has 0 saturated carbocycles. The first-order valence-corrected chi connectivity index (χ1v) is 8.01. The van der Waals surface area contributed by atoms with E-state index in [0.29, 0.717) is 30.3 Å². The number of esters is 1. The van der Waals surface area contributed by atoms with Gasteiger partial charge in [-0.3, -0.25) is 14.4 Å². The number of benzene rings is 1. The van der Waals surface area contributed by atoms with Gasteiger partial charge in [0.25, 0.3) is 0 Å². The summed E-state index contributed by atoms with van der Waals surface area (Å²) in [6, 6.07) is 5.22. The second-order valence-corrected chi connectivity index (χ2v) is 5.32. The van der Waals surface area contributed by atoms with Crippen molar-refractivity contribution in [3.8, 4) is 11.5 Å². The van der Waals surface area contributed by atoms with E-state index in [1.54, 1.807) is 18.2 Å². The number of allylic oxidation sites excluding steroid dienone is 3. The lowest BCUT2D eigenvalue weighted by Crippen LogP contribution is -2.34. The Morgan fingerprint density at radius 1 is 1.16 bits per heavy atom. The van der Waals surface area contributed by atoms with E-state index in [2.05, 4.69) is 0 Å². The summed E-state index contributed by atoms with van der Waals surface area (Å²) >= 11 is 0. The van der Waals surface area contributed by atoms with Gasteiger partial charge in [-0.05, 0) is 44.5 Å². The van der Waals surface area contributed by atoms with Gasteiger partial charge in [-0.15, -0.1) is 0 Å². The largest absolute Gasteiger partial charge is 0.490 e. The summed E-state index contributed by atoms with van der Waals surface area (Å²) in [6.07, 6.45) is 3.87. The van der Waals surface area contributed by atoms with E-state index in [-0.39, 0.29) is 5.76 Å². The molecule has 132 valence electrons. The van der Waals surface area contributed by atoms with Gasteiger partial charge in [-0.2, -0.15) is 0 Å². The van der Waals surface area contributed by atoms with Gasteiger partial charge in [0.1, 0.15) is 5.76 Å². The van der Waals surface area contributed by atoms with Gasteiger partial charge in [-0.25, -0.2) is 0 Å². The molecule has 1 heterocycles. The van der Waals surface area contributed by atoms with Crippen LogP contribution in [0.25, 0.3) is 6.08 Å². The van der Waals surface area contributed by atoms with E-state index in [1.165, 1.54) is 19.1 Å². The molecule has 0 amide bonds. The van der Waals surface area contributed by atoms with Crippen molar-refractivity contribution in [1.82, 2.24) is 0 Å². The monoisotopic (exact) mass is 344 g/mol. The lowest BCUT2D eigenvalue weighted by atomic mass is 9.96. The number of ether oxygens (including phenoxy) is 3. The van der Waals surface area contributed by atoms with Crippen LogP contribution in [0.2, 0.25) is 0 Å². The second kappa shape index (κ2) is 8.28. The minimum Gasteiger partial charge on any atom is -0.490 e. The normalized spacial score (nSPS) is 17.2. The molecule has 25 heavy (non-hydrogen) atoms. The quantitative estimate of drug-likeness (QED) is 0.430. The summed E-state index contributed by atoms with van der Waals surface area (Å²) in [5.74, 6) is -2.10. The van der Waals surface area contributed by atoms with Crippen LogP contribution in [-0.4, -0.2) is 30.7 Å². The van der Waals surface area contributed by atoms with Gasteiger partial charge in [0.2, 0.25) is 0 Å². The molecule has 0 radical (unpaired) electrons. The number of hydrogen-bond acceptors (Lipinski definition) is 6. The van der Waals surface area contributed by atoms with Gasteiger partial charge >= 0.3 is 5.97 Å². The molecular weight excluding hydrogens is 324 g/mol. The van der Waals surface area contributed by atoms with Crippen molar-refractivity contribution in [3.05, 3.63) is 41.7 Å². The Morgan fingerprint density at radius 3 is 2.48 bits per heavy atom. The van der Waals surface area contributed by atoms with Crippen molar-refractivity contribution < 1.29 is 28.6 Å². The highest BCUT2D eigenvalue weighted by Crippen LogP contribution is 2.29. The number of carbonyl (C=O) groups excluding carboxylic acids is 3. The molecule has 6 nitrogen and oxygen atoms in total. The molecule has 0 saturated heterocycles. The molecule has 0 unspecified atom stereocenters. The van der Waals surface area contributed by atoms with Gasteiger partial charge in [0, 0.05) is 6.08 Å². The maximum Gasteiger partial charge on any atom is 0.329 e. The van der Waals surface area contributed by atoms with Gasteiger partial charge in [0.15, 0.2) is 29.0 Å². The van der Waals surface area contributed by atoms with Crippen LogP contribution in [0.5, 0.6) is 11.5 Å². The Hall–Kier alpha value is -2.89. The predicted molar refractivity (Wildman–Crippen MR) is 91.2 cm³/mol. The first-order chi connectivity index (χ1) is 12.0. The predicted octanol–water partition coefficient (Wildman–Crippen LogP) is 2.71. The highest BCUT2D eigenvalue weighted by molar-refractivity contribution is 6.25. The van der Waals surface area contributed by atoms with Crippen LogP contribution in [0.3, 0.4) is 0 Å². The van der Waals surface area contributed by atoms with Crippen molar-refractivity contribution >= 4 is 23.6 Å².